The molecule has 1 heterocycles. The fraction of sp³-hybridized carbons (Fsp3) is 1.00. The summed E-state index contributed by atoms with van der Waals surface area (Å²) >= 11 is 0. The highest BCUT2D eigenvalue weighted by Crippen LogP contribution is 2.32. The first-order valence-electron chi connectivity index (χ1n) is 7.64. The van der Waals surface area contributed by atoms with Crippen molar-refractivity contribution in [3.63, 3.8) is 0 Å². The van der Waals surface area contributed by atoms with Crippen LogP contribution in [0.25, 0.3) is 0 Å². The second kappa shape index (κ2) is 6.75. The van der Waals surface area contributed by atoms with Crippen LogP contribution in [0.4, 0.5) is 0 Å². The van der Waals surface area contributed by atoms with Gasteiger partial charge in [-0.25, -0.2) is 0 Å². The average molecular weight is 239 g/mol. The molecule has 1 N–H and O–H groups in total. The van der Waals surface area contributed by atoms with E-state index >= 15 is 0 Å². The lowest BCUT2D eigenvalue weighted by molar-refractivity contribution is 0.0118. The minimum Gasteiger partial charge on any atom is -0.380 e. The summed E-state index contributed by atoms with van der Waals surface area (Å²) in [5, 5.41) is 3.82. The summed E-state index contributed by atoms with van der Waals surface area (Å²) in [7, 11) is 1.91. The Morgan fingerprint density at radius 3 is 2.53 bits per heavy atom. The Hall–Kier alpha value is -0.0800. The summed E-state index contributed by atoms with van der Waals surface area (Å²) in [6, 6.07) is 1.38. The topological polar surface area (TPSA) is 21.3 Å². The maximum atomic E-state index is 5.84. The quantitative estimate of drug-likeness (QED) is 0.793. The van der Waals surface area contributed by atoms with Gasteiger partial charge in [0, 0.05) is 19.2 Å². The van der Waals surface area contributed by atoms with Crippen LogP contribution in [0.5, 0.6) is 0 Å². The highest BCUT2D eigenvalue weighted by atomic mass is 16.5. The van der Waals surface area contributed by atoms with Crippen LogP contribution in [0.1, 0.15) is 64.7 Å². The molecule has 0 radical (unpaired) electrons. The zero-order valence-electron chi connectivity index (χ0n) is 11.6. The van der Waals surface area contributed by atoms with Crippen molar-refractivity contribution in [2.75, 3.05) is 7.11 Å². The molecule has 17 heavy (non-hydrogen) atoms. The molecular weight excluding hydrogens is 210 g/mol. The van der Waals surface area contributed by atoms with Gasteiger partial charge in [-0.3, -0.25) is 0 Å². The number of hydrogen-bond donors (Lipinski definition) is 1. The summed E-state index contributed by atoms with van der Waals surface area (Å²) in [6.45, 7) is 2.28. The van der Waals surface area contributed by atoms with Crippen LogP contribution < -0.4 is 5.32 Å². The first-order chi connectivity index (χ1) is 8.35. The van der Waals surface area contributed by atoms with Gasteiger partial charge in [0.2, 0.25) is 0 Å². The maximum Gasteiger partial charge on any atom is 0.0752 e. The van der Waals surface area contributed by atoms with Gasteiger partial charge in [0.15, 0.2) is 0 Å². The molecule has 2 rings (SSSR count). The van der Waals surface area contributed by atoms with Crippen LogP contribution in [-0.4, -0.2) is 25.3 Å². The van der Waals surface area contributed by atoms with Crippen molar-refractivity contribution in [1.82, 2.24) is 5.32 Å². The SMILES string of the molecule is CCC[C@@H]1CC[C@@H](C(OC)C2CCCCC2)N1. The molecule has 0 aromatic carbocycles. The standard InChI is InChI=1S/C15H29NO/c1-3-7-13-10-11-14(16-13)15(17-2)12-8-5-4-6-9-12/h12-16H,3-11H2,1-2H3/t13-,14+,15?/m1/s1. The zero-order chi connectivity index (χ0) is 12.1. The third-order valence-electron chi connectivity index (χ3n) is 4.70. The van der Waals surface area contributed by atoms with Gasteiger partial charge in [-0.15, -0.1) is 0 Å². The molecule has 1 unspecified atom stereocenters. The molecular formula is C15H29NO. The lowest BCUT2D eigenvalue weighted by atomic mass is 9.82. The van der Waals surface area contributed by atoms with Gasteiger partial charge in [-0.05, 0) is 38.0 Å². The van der Waals surface area contributed by atoms with Gasteiger partial charge in [-0.2, -0.15) is 0 Å². The predicted molar refractivity (Wildman–Crippen MR) is 72.2 cm³/mol. The smallest absolute Gasteiger partial charge is 0.0752 e. The molecule has 2 fully saturated rings. The lowest BCUT2D eigenvalue weighted by Crippen LogP contribution is -2.44. The van der Waals surface area contributed by atoms with Gasteiger partial charge in [0.05, 0.1) is 6.10 Å². The lowest BCUT2D eigenvalue weighted by Gasteiger charge is -2.33. The van der Waals surface area contributed by atoms with E-state index in [4.69, 9.17) is 4.74 Å². The summed E-state index contributed by atoms with van der Waals surface area (Å²) in [4.78, 5) is 0. The normalized spacial score (nSPS) is 32.8. The van der Waals surface area contributed by atoms with Crippen LogP contribution in [0, 0.1) is 5.92 Å². The Bertz CT molecular complexity index is 213. The highest BCUT2D eigenvalue weighted by molar-refractivity contribution is 4.92. The number of methoxy groups -OCH3 is 1. The van der Waals surface area contributed by atoms with E-state index in [1.807, 2.05) is 7.11 Å². The van der Waals surface area contributed by atoms with E-state index in [0.29, 0.717) is 12.1 Å². The summed E-state index contributed by atoms with van der Waals surface area (Å²) in [6.07, 6.45) is 12.8. The molecule has 0 spiro atoms. The van der Waals surface area contributed by atoms with Gasteiger partial charge in [-0.1, -0.05) is 32.6 Å². The van der Waals surface area contributed by atoms with Crippen molar-refractivity contribution in [3.05, 3.63) is 0 Å². The van der Waals surface area contributed by atoms with Crippen molar-refractivity contribution in [1.29, 1.82) is 0 Å². The van der Waals surface area contributed by atoms with Crippen molar-refractivity contribution in [2.45, 2.75) is 82.9 Å². The molecule has 1 saturated carbocycles. The third-order valence-corrected chi connectivity index (χ3v) is 4.70. The van der Waals surface area contributed by atoms with Crippen LogP contribution in [0.15, 0.2) is 0 Å². The minimum absolute atomic E-state index is 0.470. The first-order valence-corrected chi connectivity index (χ1v) is 7.64. The Kier molecular flexibility index (Phi) is 5.30. The number of ether oxygens (including phenoxy) is 1. The molecule has 1 saturated heterocycles. The molecule has 100 valence electrons. The van der Waals surface area contributed by atoms with E-state index in [-0.39, 0.29) is 0 Å². The number of nitrogens with one attached hydrogen (secondary N) is 1. The molecule has 0 aromatic heterocycles. The molecule has 0 aromatic rings. The number of hydrogen-bond acceptors (Lipinski definition) is 2. The van der Waals surface area contributed by atoms with Crippen LogP contribution in [0.3, 0.4) is 0 Å². The molecule has 1 aliphatic heterocycles. The van der Waals surface area contributed by atoms with Crippen molar-refractivity contribution < 1.29 is 4.74 Å². The summed E-state index contributed by atoms with van der Waals surface area (Å²) in [5.41, 5.74) is 0. The van der Waals surface area contributed by atoms with E-state index in [9.17, 15) is 0 Å². The predicted octanol–water partition coefficient (Wildman–Crippen LogP) is 3.50. The van der Waals surface area contributed by atoms with E-state index in [2.05, 4.69) is 12.2 Å². The van der Waals surface area contributed by atoms with Crippen molar-refractivity contribution in [2.24, 2.45) is 5.92 Å². The van der Waals surface area contributed by atoms with Crippen LogP contribution in [-0.2, 0) is 4.74 Å². The first kappa shape index (κ1) is 13.4. The largest absolute Gasteiger partial charge is 0.380 e. The molecule has 2 heteroatoms. The van der Waals surface area contributed by atoms with E-state index in [1.54, 1.807) is 0 Å². The molecule has 0 bridgehead atoms. The third kappa shape index (κ3) is 3.45. The van der Waals surface area contributed by atoms with Crippen molar-refractivity contribution in [3.8, 4) is 0 Å². The van der Waals surface area contributed by atoms with E-state index in [1.165, 1.54) is 57.8 Å². The van der Waals surface area contributed by atoms with Gasteiger partial charge >= 0.3 is 0 Å². The second-order valence-corrected chi connectivity index (χ2v) is 5.93. The monoisotopic (exact) mass is 239 g/mol. The van der Waals surface area contributed by atoms with Crippen LogP contribution in [0.2, 0.25) is 0 Å². The number of rotatable bonds is 5. The highest BCUT2D eigenvalue weighted by Gasteiger charge is 2.34. The van der Waals surface area contributed by atoms with Crippen molar-refractivity contribution >= 4 is 0 Å². The second-order valence-electron chi connectivity index (χ2n) is 5.93. The molecule has 2 nitrogen and oxygen atoms in total. The maximum absolute atomic E-state index is 5.84. The minimum atomic E-state index is 0.470. The Morgan fingerprint density at radius 2 is 1.88 bits per heavy atom. The van der Waals surface area contributed by atoms with Gasteiger partial charge in [0.25, 0.3) is 0 Å². The average Bonchev–Trinajstić information content (AvgIpc) is 2.81. The Morgan fingerprint density at radius 1 is 1.12 bits per heavy atom. The molecule has 2 aliphatic rings. The molecule has 0 amide bonds. The Balaban J connectivity index is 1.85. The molecule has 1 aliphatic carbocycles. The van der Waals surface area contributed by atoms with Crippen LogP contribution >= 0.6 is 0 Å². The Labute approximate surface area is 107 Å². The summed E-state index contributed by atoms with van der Waals surface area (Å²) in [5.74, 6) is 0.812. The summed E-state index contributed by atoms with van der Waals surface area (Å²) < 4.78 is 5.84. The van der Waals surface area contributed by atoms with E-state index < -0.39 is 0 Å². The fourth-order valence-electron chi connectivity index (χ4n) is 3.83. The van der Waals surface area contributed by atoms with Gasteiger partial charge in [0.1, 0.15) is 0 Å². The fourth-order valence-corrected chi connectivity index (χ4v) is 3.83. The van der Waals surface area contributed by atoms with E-state index in [0.717, 1.165) is 12.0 Å². The molecule has 3 atom stereocenters. The zero-order valence-corrected chi connectivity index (χ0v) is 11.6. The van der Waals surface area contributed by atoms with Gasteiger partial charge < -0.3 is 10.1 Å².